The lowest BCUT2D eigenvalue weighted by Crippen LogP contribution is -2.18. The van der Waals surface area contributed by atoms with Gasteiger partial charge in [-0.15, -0.1) is 0 Å². The average molecular weight is 410 g/mol. The summed E-state index contributed by atoms with van der Waals surface area (Å²) in [4.78, 5) is 11.7. The van der Waals surface area contributed by atoms with Gasteiger partial charge >= 0.3 is 5.97 Å². The number of aliphatic carboxylic acids is 1. The first-order valence-electron chi connectivity index (χ1n) is 9.50. The van der Waals surface area contributed by atoms with Crippen molar-refractivity contribution < 1.29 is 28.5 Å². The molecule has 0 amide bonds. The van der Waals surface area contributed by atoms with E-state index in [1.807, 2.05) is 26.0 Å². The van der Waals surface area contributed by atoms with Crippen LogP contribution in [0.2, 0.25) is 0 Å². The van der Waals surface area contributed by atoms with Gasteiger partial charge in [-0.1, -0.05) is 18.2 Å². The van der Waals surface area contributed by atoms with Gasteiger partial charge in [-0.2, -0.15) is 0 Å². The van der Waals surface area contributed by atoms with E-state index in [9.17, 15) is 14.3 Å². The number of halogens is 1. The van der Waals surface area contributed by atoms with Gasteiger partial charge in [-0.05, 0) is 73.5 Å². The number of rotatable bonds is 9. The molecule has 0 aromatic heterocycles. The topological polar surface area (TPSA) is 65.0 Å². The van der Waals surface area contributed by atoms with Crippen molar-refractivity contribution in [2.24, 2.45) is 0 Å². The second-order valence-electron chi connectivity index (χ2n) is 6.80. The predicted molar refractivity (Wildman–Crippen MR) is 111 cm³/mol. The van der Waals surface area contributed by atoms with Crippen molar-refractivity contribution in [2.75, 3.05) is 13.2 Å². The minimum Gasteiger partial charge on any atom is -0.490 e. The zero-order valence-electron chi connectivity index (χ0n) is 16.8. The summed E-state index contributed by atoms with van der Waals surface area (Å²) >= 11 is 0. The van der Waals surface area contributed by atoms with E-state index in [1.165, 1.54) is 12.1 Å². The van der Waals surface area contributed by atoms with Crippen molar-refractivity contribution in [1.82, 2.24) is 0 Å². The molecule has 0 aliphatic heterocycles. The Morgan fingerprint density at radius 3 is 1.90 bits per heavy atom. The molecule has 1 unspecified atom stereocenters. The van der Waals surface area contributed by atoms with Crippen LogP contribution in [0.1, 0.15) is 22.8 Å². The average Bonchev–Trinajstić information content (AvgIpc) is 2.73. The Hall–Kier alpha value is -3.54. The first kappa shape index (κ1) is 21.2. The summed E-state index contributed by atoms with van der Waals surface area (Å²) < 4.78 is 29.6. The molecule has 0 bridgehead atoms. The van der Waals surface area contributed by atoms with Crippen molar-refractivity contribution in [3.8, 4) is 17.2 Å². The fourth-order valence-electron chi connectivity index (χ4n) is 2.77. The molecule has 0 saturated heterocycles. The zero-order valence-corrected chi connectivity index (χ0v) is 16.8. The summed E-state index contributed by atoms with van der Waals surface area (Å²) in [7, 11) is 0. The first-order valence-corrected chi connectivity index (χ1v) is 9.50. The quantitative estimate of drug-likeness (QED) is 0.497. The van der Waals surface area contributed by atoms with Gasteiger partial charge < -0.3 is 19.3 Å². The Kier molecular flexibility index (Phi) is 6.91. The minimum absolute atomic E-state index is 0.290. The van der Waals surface area contributed by atoms with Crippen LogP contribution in [0.3, 0.4) is 0 Å². The third kappa shape index (κ3) is 5.73. The van der Waals surface area contributed by atoms with Crippen LogP contribution in [-0.2, 0) is 4.79 Å². The van der Waals surface area contributed by atoms with Crippen LogP contribution in [-0.4, -0.2) is 24.3 Å². The lowest BCUT2D eigenvalue weighted by molar-refractivity contribution is -0.145. The molecule has 0 aliphatic carbocycles. The molecule has 1 N–H and O–H groups in total. The number of aryl methyl sites for hydroxylation is 2. The Balaban J connectivity index is 1.56. The molecule has 0 aliphatic rings. The molecule has 3 aromatic carbocycles. The third-order valence-corrected chi connectivity index (χ3v) is 4.57. The number of benzene rings is 3. The normalized spacial score (nSPS) is 11.6. The molecule has 5 nitrogen and oxygen atoms in total. The van der Waals surface area contributed by atoms with Crippen LogP contribution in [0, 0.1) is 19.7 Å². The van der Waals surface area contributed by atoms with Crippen LogP contribution in [0.15, 0.2) is 66.7 Å². The van der Waals surface area contributed by atoms with Crippen LogP contribution in [0.4, 0.5) is 4.39 Å². The summed E-state index contributed by atoms with van der Waals surface area (Å²) in [5, 5.41) is 9.58. The van der Waals surface area contributed by atoms with Crippen LogP contribution >= 0.6 is 0 Å². The number of carboxylic acid groups (broad SMARTS) is 1. The van der Waals surface area contributed by atoms with Crippen LogP contribution in [0.5, 0.6) is 17.2 Å². The maximum absolute atomic E-state index is 12.9. The number of hydrogen-bond acceptors (Lipinski definition) is 4. The summed E-state index contributed by atoms with van der Waals surface area (Å²) in [6.07, 6.45) is -1.12. The standard InChI is InChI=1S/C24H23FO5/c1-16-3-8-22(15-17(16)2)30-23(24(26)27)18-4-9-20(10-5-18)28-13-14-29-21-11-6-19(25)7-12-21/h3-12,15,23H,13-14H2,1-2H3,(H,26,27). The highest BCUT2D eigenvalue weighted by molar-refractivity contribution is 5.75. The molecular weight excluding hydrogens is 387 g/mol. The van der Waals surface area contributed by atoms with E-state index in [2.05, 4.69) is 0 Å². The summed E-state index contributed by atoms with van der Waals surface area (Å²) in [5.74, 6) is 0.248. The second-order valence-corrected chi connectivity index (χ2v) is 6.80. The fourth-order valence-corrected chi connectivity index (χ4v) is 2.77. The summed E-state index contributed by atoms with van der Waals surface area (Å²) in [6.45, 7) is 4.51. The number of carbonyl (C=O) groups is 1. The largest absolute Gasteiger partial charge is 0.490 e. The SMILES string of the molecule is Cc1ccc(OC(C(=O)O)c2ccc(OCCOc3ccc(F)cc3)cc2)cc1C. The van der Waals surface area contributed by atoms with E-state index in [1.54, 1.807) is 42.5 Å². The monoisotopic (exact) mass is 410 g/mol. The van der Waals surface area contributed by atoms with E-state index in [-0.39, 0.29) is 12.4 Å². The number of carboxylic acids is 1. The van der Waals surface area contributed by atoms with Crippen LogP contribution in [0.25, 0.3) is 0 Å². The number of hydrogen-bond donors (Lipinski definition) is 1. The fraction of sp³-hybridized carbons (Fsp3) is 0.208. The van der Waals surface area contributed by atoms with Crippen molar-refractivity contribution in [2.45, 2.75) is 20.0 Å². The zero-order chi connectivity index (χ0) is 21.5. The van der Waals surface area contributed by atoms with E-state index in [0.29, 0.717) is 29.4 Å². The van der Waals surface area contributed by atoms with Crippen molar-refractivity contribution >= 4 is 5.97 Å². The molecule has 0 radical (unpaired) electrons. The third-order valence-electron chi connectivity index (χ3n) is 4.57. The second kappa shape index (κ2) is 9.78. The van der Waals surface area contributed by atoms with Crippen molar-refractivity contribution in [3.05, 3.63) is 89.2 Å². The molecule has 6 heteroatoms. The van der Waals surface area contributed by atoms with Gasteiger partial charge in [0.1, 0.15) is 36.3 Å². The van der Waals surface area contributed by atoms with Crippen molar-refractivity contribution in [3.63, 3.8) is 0 Å². The molecule has 1 atom stereocenters. The minimum atomic E-state index is -1.12. The predicted octanol–water partition coefficient (Wildman–Crippen LogP) is 5.11. The smallest absolute Gasteiger partial charge is 0.349 e. The Morgan fingerprint density at radius 1 is 0.833 bits per heavy atom. The number of ether oxygens (including phenoxy) is 3. The molecule has 0 spiro atoms. The van der Waals surface area contributed by atoms with Gasteiger partial charge in [0.05, 0.1) is 0 Å². The van der Waals surface area contributed by atoms with Gasteiger partial charge in [0.15, 0.2) is 0 Å². The lowest BCUT2D eigenvalue weighted by Gasteiger charge is -2.17. The van der Waals surface area contributed by atoms with E-state index in [4.69, 9.17) is 14.2 Å². The van der Waals surface area contributed by atoms with E-state index >= 15 is 0 Å². The maximum Gasteiger partial charge on any atom is 0.349 e. The van der Waals surface area contributed by atoms with Gasteiger partial charge in [0, 0.05) is 5.56 Å². The summed E-state index contributed by atoms with van der Waals surface area (Å²) in [5.41, 5.74) is 2.65. The molecule has 0 saturated carbocycles. The highest BCUT2D eigenvalue weighted by Gasteiger charge is 2.22. The van der Waals surface area contributed by atoms with Crippen molar-refractivity contribution in [1.29, 1.82) is 0 Å². The Labute approximate surface area is 174 Å². The molecule has 3 aromatic rings. The first-order chi connectivity index (χ1) is 14.4. The molecule has 30 heavy (non-hydrogen) atoms. The lowest BCUT2D eigenvalue weighted by atomic mass is 10.1. The van der Waals surface area contributed by atoms with Gasteiger partial charge in [0.25, 0.3) is 0 Å². The highest BCUT2D eigenvalue weighted by atomic mass is 19.1. The Bertz CT molecular complexity index is 983. The van der Waals surface area contributed by atoms with Gasteiger partial charge in [0.2, 0.25) is 6.10 Å². The Morgan fingerprint density at radius 2 is 1.37 bits per heavy atom. The van der Waals surface area contributed by atoms with E-state index < -0.39 is 12.1 Å². The maximum atomic E-state index is 12.9. The van der Waals surface area contributed by atoms with Gasteiger partial charge in [-0.3, -0.25) is 0 Å². The van der Waals surface area contributed by atoms with Crippen LogP contribution < -0.4 is 14.2 Å². The van der Waals surface area contributed by atoms with E-state index in [0.717, 1.165) is 11.1 Å². The highest BCUT2D eigenvalue weighted by Crippen LogP contribution is 2.26. The molecular formula is C24H23FO5. The summed E-state index contributed by atoms with van der Waals surface area (Å²) in [6, 6.07) is 17.9. The molecule has 3 rings (SSSR count). The molecule has 0 heterocycles. The molecule has 156 valence electrons. The molecule has 0 fully saturated rings. The van der Waals surface area contributed by atoms with Gasteiger partial charge in [-0.25, -0.2) is 9.18 Å².